The quantitative estimate of drug-likeness (QED) is 0.642. The van der Waals surface area contributed by atoms with Gasteiger partial charge >= 0.3 is 5.97 Å². The van der Waals surface area contributed by atoms with Crippen LogP contribution in [-0.2, 0) is 29.4 Å². The number of sulfone groups is 1. The van der Waals surface area contributed by atoms with Crippen molar-refractivity contribution in [2.75, 3.05) is 31.7 Å². The van der Waals surface area contributed by atoms with Crippen LogP contribution in [0.15, 0.2) is 0 Å². The second kappa shape index (κ2) is 5.61. The van der Waals surface area contributed by atoms with Crippen LogP contribution >= 0.6 is 0 Å². The molecule has 0 N–H and O–H groups in total. The van der Waals surface area contributed by atoms with Gasteiger partial charge in [-0.15, -0.1) is 0 Å². The number of piperidine rings is 1. The van der Waals surface area contributed by atoms with Crippen LogP contribution in [0.4, 0.5) is 0 Å². The number of sulfonamides is 1. The molecule has 0 aromatic heterocycles. The fourth-order valence-electron chi connectivity index (χ4n) is 2.72. The fourth-order valence-corrected chi connectivity index (χ4v) is 7.28. The Morgan fingerprint density at radius 2 is 1.80 bits per heavy atom. The third kappa shape index (κ3) is 3.15. The third-order valence-electron chi connectivity index (χ3n) is 3.96. The van der Waals surface area contributed by atoms with Gasteiger partial charge in [-0.05, 0) is 19.3 Å². The van der Waals surface area contributed by atoms with Crippen molar-refractivity contribution in [3.05, 3.63) is 0 Å². The number of methoxy groups -OCH3 is 1. The molecule has 0 bridgehead atoms. The van der Waals surface area contributed by atoms with Gasteiger partial charge in [-0.25, -0.2) is 21.1 Å². The van der Waals surface area contributed by atoms with E-state index in [9.17, 15) is 21.6 Å². The Kier molecular flexibility index (Phi) is 4.41. The largest absolute Gasteiger partial charge is 0.469 e. The second-order valence-corrected chi connectivity index (χ2v) is 9.71. The van der Waals surface area contributed by atoms with Gasteiger partial charge in [0.2, 0.25) is 10.0 Å². The minimum atomic E-state index is -3.59. The highest BCUT2D eigenvalue weighted by Crippen LogP contribution is 2.26. The topological polar surface area (TPSA) is 97.8 Å². The van der Waals surface area contributed by atoms with Gasteiger partial charge in [0, 0.05) is 13.1 Å². The SMILES string of the molecule is COC(=O)C1CCN(S(=O)(=O)C2CCS(=O)(=O)C2)CC1. The number of hydrogen-bond donors (Lipinski definition) is 0. The van der Waals surface area contributed by atoms with E-state index in [0.29, 0.717) is 12.8 Å². The van der Waals surface area contributed by atoms with Crippen LogP contribution in [0, 0.1) is 5.92 Å². The van der Waals surface area contributed by atoms with Gasteiger partial charge in [-0.2, -0.15) is 0 Å². The first-order chi connectivity index (χ1) is 9.26. The molecule has 2 saturated heterocycles. The molecular weight excluding hydrogens is 306 g/mol. The van der Waals surface area contributed by atoms with Crippen molar-refractivity contribution in [1.29, 1.82) is 0 Å². The number of hydrogen-bond acceptors (Lipinski definition) is 6. The lowest BCUT2D eigenvalue weighted by Gasteiger charge is -2.31. The summed E-state index contributed by atoms with van der Waals surface area (Å²) in [6.45, 7) is 0.497. The lowest BCUT2D eigenvalue weighted by Crippen LogP contribution is -2.45. The van der Waals surface area contributed by atoms with E-state index in [0.717, 1.165) is 0 Å². The molecule has 0 saturated carbocycles. The predicted octanol–water partition coefficient (Wildman–Crippen LogP) is -0.612. The monoisotopic (exact) mass is 325 g/mol. The molecule has 1 atom stereocenters. The van der Waals surface area contributed by atoms with Crippen LogP contribution < -0.4 is 0 Å². The molecule has 20 heavy (non-hydrogen) atoms. The summed E-state index contributed by atoms with van der Waals surface area (Å²) in [5, 5.41) is -0.831. The zero-order valence-electron chi connectivity index (χ0n) is 11.3. The summed E-state index contributed by atoms with van der Waals surface area (Å²) >= 11 is 0. The first-order valence-corrected chi connectivity index (χ1v) is 9.86. The summed E-state index contributed by atoms with van der Waals surface area (Å²) in [5.74, 6) is -0.925. The Balaban J connectivity index is 2.01. The molecule has 2 aliphatic rings. The highest BCUT2D eigenvalue weighted by atomic mass is 32.2. The van der Waals surface area contributed by atoms with E-state index in [4.69, 9.17) is 0 Å². The molecule has 0 amide bonds. The Bertz CT molecular complexity index is 574. The summed E-state index contributed by atoms with van der Waals surface area (Å²) in [4.78, 5) is 11.4. The molecule has 2 rings (SSSR count). The molecule has 1 unspecified atom stereocenters. The molecule has 7 nitrogen and oxygen atoms in total. The Hall–Kier alpha value is -0.670. The Morgan fingerprint density at radius 1 is 1.20 bits per heavy atom. The van der Waals surface area contributed by atoms with Gasteiger partial charge in [0.1, 0.15) is 0 Å². The van der Waals surface area contributed by atoms with Gasteiger partial charge in [0.05, 0.1) is 29.8 Å². The maximum Gasteiger partial charge on any atom is 0.308 e. The number of carbonyl (C=O) groups excluding carboxylic acids is 1. The van der Waals surface area contributed by atoms with Crippen LogP contribution in [0.3, 0.4) is 0 Å². The van der Waals surface area contributed by atoms with E-state index in [-0.39, 0.29) is 42.9 Å². The number of ether oxygens (including phenoxy) is 1. The second-order valence-electron chi connectivity index (χ2n) is 5.27. The molecule has 0 spiro atoms. The van der Waals surface area contributed by atoms with Crippen LogP contribution in [-0.4, -0.2) is 64.1 Å². The van der Waals surface area contributed by atoms with Crippen molar-refractivity contribution in [2.24, 2.45) is 5.92 Å². The van der Waals surface area contributed by atoms with E-state index in [1.807, 2.05) is 0 Å². The molecule has 2 heterocycles. The van der Waals surface area contributed by atoms with Crippen molar-refractivity contribution in [2.45, 2.75) is 24.5 Å². The molecule has 116 valence electrons. The number of nitrogens with zero attached hydrogens (tertiary/aromatic N) is 1. The van der Waals surface area contributed by atoms with Crippen molar-refractivity contribution in [3.8, 4) is 0 Å². The summed E-state index contributed by atoms with van der Waals surface area (Å²) < 4.78 is 53.5. The minimum Gasteiger partial charge on any atom is -0.469 e. The van der Waals surface area contributed by atoms with Crippen molar-refractivity contribution in [1.82, 2.24) is 4.31 Å². The fraction of sp³-hybridized carbons (Fsp3) is 0.909. The van der Waals surface area contributed by atoms with E-state index >= 15 is 0 Å². The maximum absolute atomic E-state index is 12.4. The summed E-state index contributed by atoms with van der Waals surface area (Å²) in [6.07, 6.45) is 1.01. The molecule has 0 radical (unpaired) electrons. The predicted molar refractivity (Wildman–Crippen MR) is 72.3 cm³/mol. The van der Waals surface area contributed by atoms with Crippen molar-refractivity contribution in [3.63, 3.8) is 0 Å². The molecule has 2 aliphatic heterocycles. The van der Waals surface area contributed by atoms with Crippen molar-refractivity contribution >= 4 is 25.8 Å². The molecular formula is C11H19NO6S2. The molecule has 9 heteroatoms. The van der Waals surface area contributed by atoms with Gasteiger partial charge in [0.25, 0.3) is 0 Å². The van der Waals surface area contributed by atoms with Crippen LogP contribution in [0.2, 0.25) is 0 Å². The Labute approximate surface area is 119 Å². The van der Waals surface area contributed by atoms with Gasteiger partial charge in [0.15, 0.2) is 9.84 Å². The van der Waals surface area contributed by atoms with Gasteiger partial charge in [-0.3, -0.25) is 4.79 Å². The normalized spacial score (nSPS) is 28.4. The van der Waals surface area contributed by atoms with E-state index in [2.05, 4.69) is 4.74 Å². The van der Waals surface area contributed by atoms with Crippen LogP contribution in [0.25, 0.3) is 0 Å². The third-order valence-corrected chi connectivity index (χ3v) is 8.27. The zero-order chi connectivity index (χ0) is 15.0. The first-order valence-electron chi connectivity index (χ1n) is 6.53. The Morgan fingerprint density at radius 3 is 2.25 bits per heavy atom. The van der Waals surface area contributed by atoms with Crippen LogP contribution in [0.5, 0.6) is 0 Å². The molecule has 0 aromatic carbocycles. The first kappa shape index (κ1) is 15.7. The molecule has 2 fully saturated rings. The average molecular weight is 325 g/mol. The average Bonchev–Trinajstić information content (AvgIpc) is 2.79. The minimum absolute atomic E-state index is 0.0600. The van der Waals surface area contributed by atoms with Gasteiger partial charge < -0.3 is 4.74 Å². The summed E-state index contributed by atoms with van der Waals surface area (Å²) in [5.41, 5.74) is 0. The standard InChI is InChI=1S/C11H19NO6S2/c1-18-11(13)9-2-5-12(6-3-9)20(16,17)10-4-7-19(14,15)8-10/h9-10H,2-8H2,1H3. The van der Waals surface area contributed by atoms with Crippen LogP contribution in [0.1, 0.15) is 19.3 Å². The molecule has 0 aromatic rings. The smallest absolute Gasteiger partial charge is 0.308 e. The summed E-state index contributed by atoms with van der Waals surface area (Å²) in [7, 11) is -5.50. The zero-order valence-corrected chi connectivity index (χ0v) is 13.0. The lowest BCUT2D eigenvalue weighted by atomic mass is 9.99. The number of rotatable bonds is 3. The van der Waals surface area contributed by atoms with E-state index < -0.39 is 25.1 Å². The highest BCUT2D eigenvalue weighted by Gasteiger charge is 2.42. The van der Waals surface area contributed by atoms with E-state index in [1.54, 1.807) is 0 Å². The lowest BCUT2D eigenvalue weighted by molar-refractivity contribution is -0.146. The molecule has 0 aliphatic carbocycles. The highest BCUT2D eigenvalue weighted by molar-refractivity contribution is 7.95. The summed E-state index contributed by atoms with van der Waals surface area (Å²) in [6, 6.07) is 0. The number of carbonyl (C=O) groups is 1. The number of esters is 1. The maximum atomic E-state index is 12.4. The van der Waals surface area contributed by atoms with Crippen molar-refractivity contribution < 1.29 is 26.4 Å². The van der Waals surface area contributed by atoms with E-state index in [1.165, 1.54) is 11.4 Å². The van der Waals surface area contributed by atoms with Gasteiger partial charge in [-0.1, -0.05) is 0 Å².